The number of ether oxygens (including phenoxy) is 4. The van der Waals surface area contributed by atoms with E-state index in [1.807, 2.05) is 0 Å². The Hall–Kier alpha value is -1.60. The normalized spacial score (nSPS) is 42.0. The van der Waals surface area contributed by atoms with Crippen molar-refractivity contribution < 1.29 is 49.6 Å². The average Bonchev–Trinajstić information content (AvgIpc) is 2.75. The maximum Gasteiger partial charge on any atom is 0.229 e. The van der Waals surface area contributed by atoms with Crippen LogP contribution in [-0.2, 0) is 14.2 Å². The quantitative estimate of drug-likeness (QED) is 0.310. The van der Waals surface area contributed by atoms with Crippen molar-refractivity contribution in [3.63, 3.8) is 0 Å². The van der Waals surface area contributed by atoms with Crippen molar-refractivity contribution in [1.82, 2.24) is 0 Å². The summed E-state index contributed by atoms with van der Waals surface area (Å²) < 4.78 is 22.4. The van der Waals surface area contributed by atoms with E-state index in [1.165, 1.54) is 6.92 Å². The summed E-state index contributed by atoms with van der Waals surface area (Å²) in [6.45, 7) is 4.57. The minimum Gasteiger partial charge on any atom is -0.462 e. The van der Waals surface area contributed by atoms with E-state index in [2.05, 4.69) is 6.58 Å². The molecule has 1 aromatic carbocycles. The van der Waals surface area contributed by atoms with Crippen molar-refractivity contribution in [2.45, 2.75) is 68.3 Å². The maximum absolute atomic E-state index is 10.6. The van der Waals surface area contributed by atoms with Gasteiger partial charge in [0.2, 0.25) is 6.29 Å². The lowest BCUT2D eigenvalue weighted by Crippen LogP contribution is -2.64. The second-order valence-electron chi connectivity index (χ2n) is 7.38. The molecule has 2 aliphatic rings. The van der Waals surface area contributed by atoms with Gasteiger partial charge in [0.1, 0.15) is 42.4 Å². The van der Waals surface area contributed by atoms with Gasteiger partial charge in [-0.2, -0.15) is 0 Å². The molecular formula is C20H28O10. The summed E-state index contributed by atoms with van der Waals surface area (Å²) in [7, 11) is 0. The maximum atomic E-state index is 10.6. The fourth-order valence-corrected chi connectivity index (χ4v) is 3.39. The standard InChI is InChI=1S/C20H28O10/c1-3-10-4-6-11(7-5-10)28-20-18(16(25)14(23)12(8-21)29-20)30-19-17(26)15(24)13(22)9(2)27-19/h3-7,9,12-26H,1,8H2,2H3/t9-,12+,13-,14+,15-,16-,17-,18+,19+,20+/m0/s1. The molecule has 10 heteroatoms. The Bertz CT molecular complexity index is 697. The molecule has 0 unspecified atom stereocenters. The molecule has 6 N–H and O–H groups in total. The molecule has 0 aliphatic carbocycles. The summed E-state index contributed by atoms with van der Waals surface area (Å²) in [5.74, 6) is 0.355. The molecule has 2 fully saturated rings. The summed E-state index contributed by atoms with van der Waals surface area (Å²) in [6, 6.07) is 6.75. The predicted molar refractivity (Wildman–Crippen MR) is 102 cm³/mol. The van der Waals surface area contributed by atoms with Crippen molar-refractivity contribution in [2.24, 2.45) is 0 Å². The van der Waals surface area contributed by atoms with Crippen LogP contribution < -0.4 is 4.74 Å². The molecule has 1 aromatic rings. The SMILES string of the molecule is C=Cc1ccc(O[C@@H]2O[C@H](CO)[C@@H](O)[C@H](O)[C@H]2O[C@H]2O[C@@H](C)[C@H](O)[C@H](O)[C@@H]2O)cc1. The van der Waals surface area contributed by atoms with Crippen LogP contribution in [0.1, 0.15) is 12.5 Å². The Labute approximate surface area is 173 Å². The molecule has 0 radical (unpaired) electrons. The van der Waals surface area contributed by atoms with Crippen LogP contribution in [0.2, 0.25) is 0 Å². The lowest BCUT2D eigenvalue weighted by Gasteiger charge is -2.45. The summed E-state index contributed by atoms with van der Waals surface area (Å²) in [5.41, 5.74) is 0.851. The van der Waals surface area contributed by atoms with Gasteiger partial charge in [0.25, 0.3) is 0 Å². The molecule has 2 heterocycles. The molecule has 10 nitrogen and oxygen atoms in total. The molecule has 0 amide bonds. The number of benzene rings is 1. The van der Waals surface area contributed by atoms with Gasteiger partial charge in [-0.1, -0.05) is 24.8 Å². The number of aliphatic hydroxyl groups excluding tert-OH is 6. The minimum absolute atomic E-state index is 0.355. The Balaban J connectivity index is 1.80. The van der Waals surface area contributed by atoms with Crippen LogP contribution in [0.15, 0.2) is 30.8 Å². The molecule has 3 rings (SSSR count). The highest BCUT2D eigenvalue weighted by atomic mass is 16.8. The van der Waals surface area contributed by atoms with Gasteiger partial charge in [0.15, 0.2) is 12.4 Å². The average molecular weight is 428 g/mol. The van der Waals surface area contributed by atoms with Crippen LogP contribution in [0.3, 0.4) is 0 Å². The number of aliphatic hydroxyl groups is 6. The molecule has 2 saturated heterocycles. The highest BCUT2D eigenvalue weighted by Gasteiger charge is 2.50. The summed E-state index contributed by atoms with van der Waals surface area (Å²) in [5, 5.41) is 60.3. The zero-order valence-corrected chi connectivity index (χ0v) is 16.4. The molecule has 0 saturated carbocycles. The first-order valence-electron chi connectivity index (χ1n) is 9.63. The molecule has 0 spiro atoms. The highest BCUT2D eigenvalue weighted by Crippen LogP contribution is 2.30. The van der Waals surface area contributed by atoms with E-state index in [-0.39, 0.29) is 0 Å². The second-order valence-corrected chi connectivity index (χ2v) is 7.38. The first-order chi connectivity index (χ1) is 14.3. The van der Waals surface area contributed by atoms with Gasteiger partial charge in [-0.25, -0.2) is 0 Å². The Morgan fingerprint density at radius 3 is 2.17 bits per heavy atom. The first kappa shape index (κ1) is 23.1. The van der Waals surface area contributed by atoms with Crippen LogP contribution in [0.4, 0.5) is 0 Å². The van der Waals surface area contributed by atoms with E-state index in [9.17, 15) is 30.6 Å². The van der Waals surface area contributed by atoms with Crippen LogP contribution >= 0.6 is 0 Å². The van der Waals surface area contributed by atoms with Crippen LogP contribution in [-0.4, -0.2) is 98.7 Å². The third-order valence-electron chi connectivity index (χ3n) is 5.29. The van der Waals surface area contributed by atoms with Crippen LogP contribution in [0, 0.1) is 0 Å². The van der Waals surface area contributed by atoms with Gasteiger partial charge in [0, 0.05) is 0 Å². The van der Waals surface area contributed by atoms with E-state index in [0.29, 0.717) is 5.75 Å². The van der Waals surface area contributed by atoms with Gasteiger partial charge in [-0.05, 0) is 24.6 Å². The zero-order chi connectivity index (χ0) is 22.0. The minimum atomic E-state index is -1.62. The molecule has 30 heavy (non-hydrogen) atoms. The van der Waals surface area contributed by atoms with E-state index in [1.54, 1.807) is 30.3 Å². The second kappa shape index (κ2) is 9.69. The molecular weight excluding hydrogens is 400 g/mol. The van der Waals surface area contributed by atoms with Gasteiger partial charge >= 0.3 is 0 Å². The topological polar surface area (TPSA) is 158 Å². The lowest BCUT2D eigenvalue weighted by molar-refractivity contribution is -0.354. The van der Waals surface area contributed by atoms with E-state index in [0.717, 1.165) is 5.56 Å². The number of hydrogen-bond donors (Lipinski definition) is 6. The smallest absolute Gasteiger partial charge is 0.229 e. The van der Waals surface area contributed by atoms with Crippen molar-refractivity contribution in [3.05, 3.63) is 36.4 Å². The summed E-state index contributed by atoms with van der Waals surface area (Å²) in [6.07, 6.45) is -12.0. The largest absolute Gasteiger partial charge is 0.462 e. The molecule has 2 aliphatic heterocycles. The fourth-order valence-electron chi connectivity index (χ4n) is 3.39. The predicted octanol–water partition coefficient (Wildman–Crippen LogP) is -1.64. The highest BCUT2D eigenvalue weighted by molar-refractivity contribution is 5.48. The third kappa shape index (κ3) is 4.67. The zero-order valence-electron chi connectivity index (χ0n) is 16.4. The van der Waals surface area contributed by atoms with Crippen molar-refractivity contribution >= 4 is 6.08 Å². The Kier molecular flexibility index (Phi) is 7.45. The van der Waals surface area contributed by atoms with Gasteiger partial charge in [-0.3, -0.25) is 0 Å². The number of hydrogen-bond acceptors (Lipinski definition) is 10. The number of rotatable bonds is 6. The first-order valence-corrected chi connectivity index (χ1v) is 9.63. The van der Waals surface area contributed by atoms with Crippen molar-refractivity contribution in [2.75, 3.05) is 6.61 Å². The van der Waals surface area contributed by atoms with Crippen molar-refractivity contribution in [1.29, 1.82) is 0 Å². The van der Waals surface area contributed by atoms with Crippen LogP contribution in [0.5, 0.6) is 5.75 Å². The fraction of sp³-hybridized carbons (Fsp3) is 0.600. The van der Waals surface area contributed by atoms with E-state index >= 15 is 0 Å². The summed E-state index contributed by atoms with van der Waals surface area (Å²) in [4.78, 5) is 0. The van der Waals surface area contributed by atoms with Gasteiger partial charge in [-0.15, -0.1) is 0 Å². The molecule has 168 valence electrons. The lowest BCUT2D eigenvalue weighted by atomic mass is 9.97. The molecule has 0 aromatic heterocycles. The molecule has 10 atom stereocenters. The summed E-state index contributed by atoms with van der Waals surface area (Å²) >= 11 is 0. The van der Waals surface area contributed by atoms with Gasteiger partial charge in [0.05, 0.1) is 12.7 Å². The van der Waals surface area contributed by atoms with E-state index < -0.39 is 68.0 Å². The molecule has 0 bridgehead atoms. The van der Waals surface area contributed by atoms with E-state index in [4.69, 9.17) is 18.9 Å². The monoisotopic (exact) mass is 428 g/mol. The van der Waals surface area contributed by atoms with Crippen molar-refractivity contribution in [3.8, 4) is 5.75 Å². The third-order valence-corrected chi connectivity index (χ3v) is 5.29. The Morgan fingerprint density at radius 1 is 0.900 bits per heavy atom. The Morgan fingerprint density at radius 2 is 1.57 bits per heavy atom. The van der Waals surface area contributed by atoms with Crippen LogP contribution in [0.25, 0.3) is 6.08 Å². The van der Waals surface area contributed by atoms with Gasteiger partial charge < -0.3 is 49.6 Å².